The van der Waals surface area contributed by atoms with Gasteiger partial charge in [0.05, 0.1) is 13.3 Å². The first kappa shape index (κ1) is 12.4. The molecule has 2 aromatic rings. The van der Waals surface area contributed by atoms with E-state index in [4.69, 9.17) is 15.3 Å². The molecule has 0 bridgehead atoms. The van der Waals surface area contributed by atoms with Gasteiger partial charge in [0, 0.05) is 4.88 Å². The fourth-order valence-electron chi connectivity index (χ4n) is 1.51. The zero-order chi connectivity index (χ0) is 12.8. The van der Waals surface area contributed by atoms with E-state index in [2.05, 4.69) is 5.10 Å². The summed E-state index contributed by atoms with van der Waals surface area (Å²) in [5, 5.41) is 5.50. The Morgan fingerprint density at radius 1 is 1.33 bits per heavy atom. The van der Waals surface area contributed by atoms with Crippen LogP contribution in [-0.2, 0) is 6.61 Å². The summed E-state index contributed by atoms with van der Waals surface area (Å²) in [5.41, 5.74) is 0.873. The Hall–Kier alpha value is -2.01. The molecule has 0 atom stereocenters. The van der Waals surface area contributed by atoms with Gasteiger partial charge in [-0.05, 0) is 35.2 Å². The molecular weight excluding hydrogens is 248 g/mol. The Kier molecular flexibility index (Phi) is 4.20. The van der Waals surface area contributed by atoms with Crippen molar-refractivity contribution >= 4 is 17.6 Å². The van der Waals surface area contributed by atoms with Crippen molar-refractivity contribution in [2.45, 2.75) is 6.61 Å². The van der Waals surface area contributed by atoms with E-state index in [0.717, 1.165) is 5.56 Å². The second-order valence-corrected chi connectivity index (χ2v) is 4.59. The van der Waals surface area contributed by atoms with Crippen molar-refractivity contribution in [3.05, 3.63) is 46.2 Å². The summed E-state index contributed by atoms with van der Waals surface area (Å²) in [6.45, 7) is 0.540. The molecule has 2 N–H and O–H groups in total. The van der Waals surface area contributed by atoms with Crippen molar-refractivity contribution < 1.29 is 9.47 Å². The molecule has 0 saturated carbocycles. The minimum atomic E-state index is 0.540. The zero-order valence-corrected chi connectivity index (χ0v) is 10.8. The highest BCUT2D eigenvalue weighted by molar-refractivity contribution is 7.09. The van der Waals surface area contributed by atoms with Gasteiger partial charge < -0.3 is 15.3 Å². The highest BCUT2D eigenvalue weighted by atomic mass is 32.1. The minimum absolute atomic E-state index is 0.540. The van der Waals surface area contributed by atoms with E-state index < -0.39 is 0 Å². The van der Waals surface area contributed by atoms with E-state index in [-0.39, 0.29) is 0 Å². The normalized spacial score (nSPS) is 10.7. The molecule has 0 saturated heterocycles. The largest absolute Gasteiger partial charge is 0.493 e. The van der Waals surface area contributed by atoms with Crippen LogP contribution in [0.5, 0.6) is 11.5 Å². The molecule has 18 heavy (non-hydrogen) atoms. The maximum atomic E-state index is 5.72. The molecule has 0 spiro atoms. The van der Waals surface area contributed by atoms with E-state index in [0.29, 0.717) is 18.1 Å². The quantitative estimate of drug-likeness (QED) is 0.512. The molecule has 0 aliphatic rings. The van der Waals surface area contributed by atoms with Crippen LogP contribution in [0.15, 0.2) is 40.8 Å². The third-order valence-electron chi connectivity index (χ3n) is 2.36. The van der Waals surface area contributed by atoms with Crippen molar-refractivity contribution in [1.82, 2.24) is 0 Å². The maximum Gasteiger partial charge on any atom is 0.161 e. The lowest BCUT2D eigenvalue weighted by molar-refractivity contribution is 0.287. The van der Waals surface area contributed by atoms with Gasteiger partial charge in [-0.15, -0.1) is 11.3 Å². The Bertz CT molecular complexity index is 524. The second-order valence-electron chi connectivity index (χ2n) is 3.56. The maximum absolute atomic E-state index is 5.72. The predicted octanol–water partition coefficient (Wildman–Crippen LogP) is 2.63. The molecular formula is C13H14N2O2S. The molecule has 1 aromatic carbocycles. The fourth-order valence-corrected chi connectivity index (χ4v) is 2.13. The van der Waals surface area contributed by atoms with E-state index in [9.17, 15) is 0 Å². The molecule has 0 aliphatic carbocycles. The smallest absolute Gasteiger partial charge is 0.161 e. The summed E-state index contributed by atoms with van der Waals surface area (Å²) >= 11 is 1.66. The first-order chi connectivity index (χ1) is 8.83. The monoisotopic (exact) mass is 262 g/mol. The molecule has 1 heterocycles. The molecule has 0 unspecified atom stereocenters. The van der Waals surface area contributed by atoms with Crippen LogP contribution in [0, 0.1) is 0 Å². The van der Waals surface area contributed by atoms with Crippen LogP contribution in [0.1, 0.15) is 10.4 Å². The van der Waals surface area contributed by atoms with E-state index >= 15 is 0 Å². The lowest BCUT2D eigenvalue weighted by atomic mass is 10.2. The number of rotatable bonds is 5. The van der Waals surface area contributed by atoms with Crippen LogP contribution in [0.3, 0.4) is 0 Å². The summed E-state index contributed by atoms with van der Waals surface area (Å²) < 4.78 is 11.0. The van der Waals surface area contributed by atoms with Crippen LogP contribution in [0.25, 0.3) is 0 Å². The summed E-state index contributed by atoms with van der Waals surface area (Å²) in [6.07, 6.45) is 1.56. The van der Waals surface area contributed by atoms with Gasteiger partial charge in [0.1, 0.15) is 6.61 Å². The third kappa shape index (κ3) is 3.01. The molecule has 94 valence electrons. The van der Waals surface area contributed by atoms with Gasteiger partial charge in [0.2, 0.25) is 0 Å². The summed E-state index contributed by atoms with van der Waals surface area (Å²) in [4.78, 5) is 1.17. The molecule has 1 aromatic heterocycles. The lowest BCUT2D eigenvalue weighted by Gasteiger charge is -2.10. The van der Waals surface area contributed by atoms with Crippen molar-refractivity contribution in [2.75, 3.05) is 7.11 Å². The van der Waals surface area contributed by atoms with Crippen LogP contribution >= 0.6 is 11.3 Å². The van der Waals surface area contributed by atoms with Gasteiger partial charge in [-0.2, -0.15) is 5.10 Å². The average Bonchev–Trinajstić information content (AvgIpc) is 2.90. The molecule has 2 rings (SSSR count). The predicted molar refractivity (Wildman–Crippen MR) is 73.4 cm³/mol. The number of thiophene rings is 1. The number of nitrogens with zero attached hydrogens (tertiary/aromatic N) is 1. The number of hydrogen-bond donors (Lipinski definition) is 1. The van der Waals surface area contributed by atoms with Crippen LogP contribution in [0.4, 0.5) is 0 Å². The highest BCUT2D eigenvalue weighted by Crippen LogP contribution is 2.28. The SMILES string of the molecule is COc1cc(/C=N\N)ccc1OCc1cccs1. The van der Waals surface area contributed by atoms with Gasteiger partial charge in [-0.3, -0.25) is 0 Å². The van der Waals surface area contributed by atoms with Crippen molar-refractivity contribution in [3.8, 4) is 11.5 Å². The molecule has 0 fully saturated rings. The van der Waals surface area contributed by atoms with Crippen molar-refractivity contribution in [3.63, 3.8) is 0 Å². The van der Waals surface area contributed by atoms with Gasteiger partial charge in [-0.25, -0.2) is 0 Å². The van der Waals surface area contributed by atoms with Crippen LogP contribution in [0.2, 0.25) is 0 Å². The standard InChI is InChI=1S/C13H14N2O2S/c1-16-13-7-10(8-15-14)4-5-12(13)17-9-11-3-2-6-18-11/h2-8H,9,14H2,1H3/b15-8-. The molecule has 5 heteroatoms. The Balaban J connectivity index is 2.12. The van der Waals surface area contributed by atoms with Crippen LogP contribution < -0.4 is 15.3 Å². The van der Waals surface area contributed by atoms with Gasteiger partial charge in [0.25, 0.3) is 0 Å². The second kappa shape index (κ2) is 6.07. The van der Waals surface area contributed by atoms with E-state index in [1.807, 2.05) is 35.7 Å². The fraction of sp³-hybridized carbons (Fsp3) is 0.154. The lowest BCUT2D eigenvalue weighted by Crippen LogP contribution is -1.97. The first-order valence-electron chi connectivity index (χ1n) is 5.40. The Morgan fingerprint density at radius 2 is 2.22 bits per heavy atom. The average molecular weight is 262 g/mol. The molecule has 0 radical (unpaired) electrons. The third-order valence-corrected chi connectivity index (χ3v) is 3.21. The van der Waals surface area contributed by atoms with Crippen molar-refractivity contribution in [2.24, 2.45) is 10.9 Å². The number of benzene rings is 1. The van der Waals surface area contributed by atoms with E-state index in [1.165, 1.54) is 4.88 Å². The summed E-state index contributed by atoms with van der Waals surface area (Å²) in [7, 11) is 1.61. The molecule has 0 aliphatic heterocycles. The number of nitrogens with two attached hydrogens (primary N) is 1. The topological polar surface area (TPSA) is 56.8 Å². The molecule has 4 nitrogen and oxygen atoms in total. The van der Waals surface area contributed by atoms with Gasteiger partial charge in [-0.1, -0.05) is 6.07 Å². The number of ether oxygens (including phenoxy) is 2. The van der Waals surface area contributed by atoms with Crippen molar-refractivity contribution in [1.29, 1.82) is 0 Å². The van der Waals surface area contributed by atoms with Gasteiger partial charge in [0.15, 0.2) is 11.5 Å². The Labute approximate surface area is 110 Å². The molecule has 0 amide bonds. The van der Waals surface area contributed by atoms with Gasteiger partial charge >= 0.3 is 0 Å². The number of hydrazone groups is 1. The minimum Gasteiger partial charge on any atom is -0.493 e. The van der Waals surface area contributed by atoms with Crippen LogP contribution in [-0.4, -0.2) is 13.3 Å². The Morgan fingerprint density at radius 3 is 2.89 bits per heavy atom. The zero-order valence-electron chi connectivity index (χ0n) is 10.00. The number of hydrogen-bond acceptors (Lipinski definition) is 5. The van der Waals surface area contributed by atoms with E-state index in [1.54, 1.807) is 24.7 Å². The summed E-state index contributed by atoms with van der Waals surface area (Å²) in [6, 6.07) is 9.60. The number of methoxy groups -OCH3 is 1. The highest BCUT2D eigenvalue weighted by Gasteiger charge is 2.05. The summed E-state index contributed by atoms with van der Waals surface area (Å²) in [5.74, 6) is 6.49. The first-order valence-corrected chi connectivity index (χ1v) is 6.28.